The SMILES string of the molecule is CCCn1cc(C(=O)NC(C#N)(CC)CC)c(OS(C)(=O)=O)n1. The summed E-state index contributed by atoms with van der Waals surface area (Å²) in [4.78, 5) is 12.5. The minimum absolute atomic E-state index is 0.00889. The second kappa shape index (κ2) is 7.46. The molecule has 1 amide bonds. The zero-order valence-corrected chi connectivity index (χ0v) is 14.6. The summed E-state index contributed by atoms with van der Waals surface area (Å²) in [6.45, 7) is 6.02. The number of hydrogen-bond donors (Lipinski definition) is 1. The lowest BCUT2D eigenvalue weighted by atomic mass is 9.94. The van der Waals surface area contributed by atoms with Gasteiger partial charge < -0.3 is 9.50 Å². The van der Waals surface area contributed by atoms with Gasteiger partial charge in [0.25, 0.3) is 11.8 Å². The van der Waals surface area contributed by atoms with Crippen LogP contribution in [0.3, 0.4) is 0 Å². The van der Waals surface area contributed by atoms with E-state index in [1.54, 1.807) is 13.8 Å². The van der Waals surface area contributed by atoms with Gasteiger partial charge in [0.2, 0.25) is 0 Å². The van der Waals surface area contributed by atoms with Crippen molar-refractivity contribution in [3.63, 3.8) is 0 Å². The Hall–Kier alpha value is -2.08. The summed E-state index contributed by atoms with van der Waals surface area (Å²) in [5, 5.41) is 15.9. The lowest BCUT2D eigenvalue weighted by Gasteiger charge is -2.24. The van der Waals surface area contributed by atoms with Crippen molar-refractivity contribution >= 4 is 16.0 Å². The number of nitrogens with zero attached hydrogens (tertiary/aromatic N) is 3. The van der Waals surface area contributed by atoms with Crippen molar-refractivity contribution < 1.29 is 17.4 Å². The fourth-order valence-electron chi connectivity index (χ4n) is 2.01. The molecule has 1 N–H and O–H groups in total. The van der Waals surface area contributed by atoms with Crippen LogP contribution in [0.15, 0.2) is 6.20 Å². The maximum absolute atomic E-state index is 12.5. The first kappa shape index (κ1) is 19.0. The van der Waals surface area contributed by atoms with Crippen molar-refractivity contribution in [3.8, 4) is 11.9 Å². The van der Waals surface area contributed by atoms with Crippen molar-refractivity contribution in [2.45, 2.75) is 52.1 Å². The zero-order chi connectivity index (χ0) is 17.7. The molecule has 0 saturated heterocycles. The lowest BCUT2D eigenvalue weighted by Crippen LogP contribution is -2.46. The molecule has 0 saturated carbocycles. The Bertz CT molecular complexity index is 699. The molecule has 0 aromatic carbocycles. The lowest BCUT2D eigenvalue weighted by molar-refractivity contribution is 0.0914. The summed E-state index contributed by atoms with van der Waals surface area (Å²) in [6, 6.07) is 2.10. The Balaban J connectivity index is 3.19. The molecular weight excluding hydrogens is 320 g/mol. The average molecular weight is 342 g/mol. The molecule has 128 valence electrons. The van der Waals surface area contributed by atoms with E-state index < -0.39 is 21.6 Å². The molecule has 0 aliphatic rings. The largest absolute Gasteiger partial charge is 0.359 e. The van der Waals surface area contributed by atoms with Crippen LogP contribution >= 0.6 is 0 Å². The average Bonchev–Trinajstić information content (AvgIpc) is 2.86. The van der Waals surface area contributed by atoms with Crippen LogP contribution in [0.1, 0.15) is 50.4 Å². The third kappa shape index (κ3) is 4.96. The van der Waals surface area contributed by atoms with Crippen molar-refractivity contribution in [3.05, 3.63) is 11.8 Å². The van der Waals surface area contributed by atoms with Gasteiger partial charge in [0, 0.05) is 12.7 Å². The van der Waals surface area contributed by atoms with Crippen molar-refractivity contribution in [1.29, 1.82) is 5.26 Å². The van der Waals surface area contributed by atoms with Crippen LogP contribution in [0.25, 0.3) is 0 Å². The second-order valence-electron chi connectivity index (χ2n) is 5.25. The molecule has 0 fully saturated rings. The van der Waals surface area contributed by atoms with Crippen LogP contribution < -0.4 is 9.50 Å². The van der Waals surface area contributed by atoms with Gasteiger partial charge in [-0.2, -0.15) is 13.7 Å². The molecule has 0 unspecified atom stereocenters. The maximum Gasteiger partial charge on any atom is 0.307 e. The van der Waals surface area contributed by atoms with Gasteiger partial charge in [-0.1, -0.05) is 20.8 Å². The Morgan fingerprint density at radius 2 is 2.04 bits per heavy atom. The van der Waals surface area contributed by atoms with E-state index in [1.165, 1.54) is 10.9 Å². The summed E-state index contributed by atoms with van der Waals surface area (Å²) < 4.78 is 28.9. The van der Waals surface area contributed by atoms with Gasteiger partial charge in [-0.15, -0.1) is 5.10 Å². The molecule has 0 aliphatic heterocycles. The summed E-state index contributed by atoms with van der Waals surface area (Å²) in [6.07, 6.45) is 3.92. The first-order valence-electron chi connectivity index (χ1n) is 7.41. The predicted octanol–water partition coefficient (Wildman–Crippen LogP) is 1.44. The van der Waals surface area contributed by atoms with Crippen LogP contribution in [0.2, 0.25) is 0 Å². The summed E-state index contributed by atoms with van der Waals surface area (Å²) in [5.74, 6) is -0.867. The number of rotatable bonds is 8. The number of aryl methyl sites for hydroxylation is 1. The Labute approximate surface area is 136 Å². The number of nitriles is 1. The van der Waals surface area contributed by atoms with Gasteiger partial charge >= 0.3 is 10.1 Å². The van der Waals surface area contributed by atoms with Crippen molar-refractivity contribution in [2.75, 3.05) is 6.26 Å². The van der Waals surface area contributed by atoms with E-state index in [-0.39, 0.29) is 11.4 Å². The van der Waals surface area contributed by atoms with E-state index in [1.807, 2.05) is 6.92 Å². The molecule has 1 heterocycles. The molecule has 0 bridgehead atoms. The van der Waals surface area contributed by atoms with E-state index in [0.29, 0.717) is 19.4 Å². The minimum Gasteiger partial charge on any atom is -0.359 e. The number of amides is 1. The monoisotopic (exact) mass is 342 g/mol. The zero-order valence-electron chi connectivity index (χ0n) is 13.8. The number of carbonyl (C=O) groups is 1. The van der Waals surface area contributed by atoms with Crippen LogP contribution in [-0.4, -0.2) is 35.9 Å². The predicted molar refractivity (Wildman–Crippen MR) is 84.4 cm³/mol. The summed E-state index contributed by atoms with van der Waals surface area (Å²) in [5.41, 5.74) is -1.02. The smallest absolute Gasteiger partial charge is 0.307 e. The first-order chi connectivity index (χ1) is 10.7. The first-order valence-corrected chi connectivity index (χ1v) is 9.22. The molecule has 8 nitrogen and oxygen atoms in total. The standard InChI is InChI=1S/C14H22N4O4S/c1-5-8-18-9-11(13(17-18)22-23(4,20)21)12(19)16-14(6-2,7-3)10-15/h9H,5-8H2,1-4H3,(H,16,19). The highest BCUT2D eigenvalue weighted by molar-refractivity contribution is 7.86. The molecule has 1 rings (SSSR count). The Morgan fingerprint density at radius 1 is 1.43 bits per heavy atom. The van der Waals surface area contributed by atoms with Crippen molar-refractivity contribution in [1.82, 2.24) is 15.1 Å². The maximum atomic E-state index is 12.5. The Kier molecular flexibility index (Phi) is 6.15. The number of nitrogens with one attached hydrogen (secondary N) is 1. The summed E-state index contributed by atoms with van der Waals surface area (Å²) >= 11 is 0. The molecule has 23 heavy (non-hydrogen) atoms. The van der Waals surface area contributed by atoms with Crippen LogP contribution in [0.5, 0.6) is 5.88 Å². The fourth-order valence-corrected chi connectivity index (χ4v) is 2.42. The highest BCUT2D eigenvalue weighted by Gasteiger charge is 2.31. The summed E-state index contributed by atoms with van der Waals surface area (Å²) in [7, 11) is -3.82. The van der Waals surface area contributed by atoms with E-state index >= 15 is 0 Å². The second-order valence-corrected chi connectivity index (χ2v) is 6.83. The van der Waals surface area contributed by atoms with Gasteiger partial charge in [0.05, 0.1) is 12.3 Å². The van der Waals surface area contributed by atoms with Crippen LogP contribution in [0, 0.1) is 11.3 Å². The Morgan fingerprint density at radius 3 is 2.48 bits per heavy atom. The number of hydrogen-bond acceptors (Lipinski definition) is 6. The molecule has 1 aromatic heterocycles. The van der Waals surface area contributed by atoms with E-state index in [4.69, 9.17) is 4.18 Å². The quantitative estimate of drug-likeness (QED) is 0.715. The van der Waals surface area contributed by atoms with Gasteiger partial charge in [0.15, 0.2) is 0 Å². The molecule has 9 heteroatoms. The molecule has 0 spiro atoms. The topological polar surface area (TPSA) is 114 Å². The van der Waals surface area contributed by atoms with E-state index in [0.717, 1.165) is 12.7 Å². The molecular formula is C14H22N4O4S. The van der Waals surface area contributed by atoms with Crippen molar-refractivity contribution in [2.24, 2.45) is 0 Å². The highest BCUT2D eigenvalue weighted by atomic mass is 32.2. The molecule has 1 aromatic rings. The van der Waals surface area contributed by atoms with Gasteiger partial charge in [-0.05, 0) is 19.3 Å². The highest BCUT2D eigenvalue weighted by Crippen LogP contribution is 2.21. The third-order valence-corrected chi connectivity index (χ3v) is 3.89. The number of aromatic nitrogens is 2. The van der Waals surface area contributed by atoms with Crippen LogP contribution in [-0.2, 0) is 16.7 Å². The molecule has 0 radical (unpaired) electrons. The van der Waals surface area contributed by atoms with Crippen LogP contribution in [0.4, 0.5) is 0 Å². The van der Waals surface area contributed by atoms with E-state index in [9.17, 15) is 18.5 Å². The third-order valence-electron chi connectivity index (χ3n) is 3.43. The van der Waals surface area contributed by atoms with E-state index in [2.05, 4.69) is 16.5 Å². The normalized spacial score (nSPS) is 11.8. The molecule has 0 atom stereocenters. The minimum atomic E-state index is -3.82. The van der Waals surface area contributed by atoms with Gasteiger partial charge in [0.1, 0.15) is 11.1 Å². The van der Waals surface area contributed by atoms with Gasteiger partial charge in [-0.25, -0.2) is 0 Å². The fraction of sp³-hybridized carbons (Fsp3) is 0.643. The van der Waals surface area contributed by atoms with Gasteiger partial charge in [-0.3, -0.25) is 9.48 Å². The molecule has 0 aliphatic carbocycles. The number of carbonyl (C=O) groups excluding carboxylic acids is 1.